The number of ether oxygens (including phenoxy) is 1. The van der Waals surface area contributed by atoms with Crippen molar-refractivity contribution in [2.75, 3.05) is 25.1 Å². The zero-order chi connectivity index (χ0) is 22.9. The number of benzene rings is 2. The van der Waals surface area contributed by atoms with E-state index in [1.807, 2.05) is 0 Å². The van der Waals surface area contributed by atoms with Crippen molar-refractivity contribution in [3.8, 4) is 0 Å². The van der Waals surface area contributed by atoms with Gasteiger partial charge in [-0.25, -0.2) is 9.78 Å². The topological polar surface area (TPSA) is 59.4 Å². The molecule has 174 valence electrons. The number of aryl methyl sites for hydroxylation is 1. The van der Waals surface area contributed by atoms with Crippen molar-refractivity contribution in [3.63, 3.8) is 0 Å². The summed E-state index contributed by atoms with van der Waals surface area (Å²) in [7, 11) is 1.45. The van der Waals surface area contributed by atoms with Gasteiger partial charge in [0.25, 0.3) is 0 Å². The van der Waals surface area contributed by atoms with E-state index in [4.69, 9.17) is 9.72 Å². The number of carbonyl (C=O) groups excluding carboxylic acids is 1. The zero-order valence-corrected chi connectivity index (χ0v) is 19.9. The summed E-state index contributed by atoms with van der Waals surface area (Å²) in [6.45, 7) is 6.58. The van der Waals surface area contributed by atoms with Crippen LogP contribution in [0.4, 0.5) is 10.5 Å². The molecule has 1 aromatic heterocycles. The van der Waals surface area contributed by atoms with Gasteiger partial charge in [-0.3, -0.25) is 4.90 Å². The molecule has 33 heavy (non-hydrogen) atoms. The summed E-state index contributed by atoms with van der Waals surface area (Å²) in [5.41, 5.74) is 5.59. The second-order valence-corrected chi connectivity index (χ2v) is 9.57. The lowest BCUT2D eigenvalue weighted by Crippen LogP contribution is -2.42. The van der Waals surface area contributed by atoms with Gasteiger partial charge in [0.15, 0.2) is 0 Å². The molecule has 1 N–H and O–H groups in total. The fourth-order valence-corrected chi connectivity index (χ4v) is 5.68. The quantitative estimate of drug-likeness (QED) is 0.606. The number of piperidine rings is 1. The van der Waals surface area contributed by atoms with E-state index in [9.17, 15) is 4.79 Å². The van der Waals surface area contributed by atoms with E-state index in [1.165, 1.54) is 31.0 Å². The first-order valence-electron chi connectivity index (χ1n) is 12.2. The van der Waals surface area contributed by atoms with Crippen molar-refractivity contribution in [3.05, 3.63) is 59.4 Å². The molecule has 0 saturated carbocycles. The largest absolute Gasteiger partial charge is 0.452 e. The third-order valence-corrected chi connectivity index (χ3v) is 7.53. The fourth-order valence-electron chi connectivity index (χ4n) is 5.68. The highest BCUT2D eigenvalue weighted by molar-refractivity contribution is 5.95. The Kier molecular flexibility index (Phi) is 6.11. The number of amides is 1. The van der Waals surface area contributed by atoms with Gasteiger partial charge < -0.3 is 14.6 Å². The number of methoxy groups -OCH3 is 1. The Labute approximate surface area is 195 Å². The van der Waals surface area contributed by atoms with Gasteiger partial charge >= 0.3 is 6.09 Å². The molecule has 5 rings (SSSR count). The highest BCUT2D eigenvalue weighted by atomic mass is 16.5. The van der Waals surface area contributed by atoms with E-state index in [-0.39, 0.29) is 12.1 Å². The molecule has 1 amide bonds. The number of fused-ring (bicyclic) bond motifs is 3. The van der Waals surface area contributed by atoms with Crippen LogP contribution >= 0.6 is 0 Å². The number of imidazole rings is 1. The normalized spacial score (nSPS) is 21.6. The summed E-state index contributed by atoms with van der Waals surface area (Å²) in [4.78, 5) is 19.6. The van der Waals surface area contributed by atoms with Gasteiger partial charge in [-0.1, -0.05) is 30.3 Å². The van der Waals surface area contributed by atoms with Crippen LogP contribution in [0.2, 0.25) is 0 Å². The number of rotatable bonds is 4. The average molecular weight is 447 g/mol. The predicted octanol–water partition coefficient (Wildman–Crippen LogP) is 5.10. The molecule has 2 aliphatic rings. The lowest BCUT2D eigenvalue weighted by molar-refractivity contribution is 0.175. The molecule has 3 heterocycles. The molecule has 0 radical (unpaired) electrons. The molecular formula is C27H34N4O2. The van der Waals surface area contributed by atoms with Crippen LogP contribution in [0.5, 0.6) is 0 Å². The molecule has 2 aliphatic heterocycles. The molecular weight excluding hydrogens is 412 g/mol. The zero-order valence-electron chi connectivity index (χ0n) is 19.9. The summed E-state index contributed by atoms with van der Waals surface area (Å²) in [5.74, 6) is 1.68. The standard InChI is InChI=1S/C27H34N4O2/c1-18-11-12-22-23(30(18)27(32)33-3)13-14-24-26(22)29-25(16-20-8-5-4-6-9-20)31(24)19(2)21-10-7-15-28-17-21/h4-6,8-9,13-14,18-19,21,28H,7,10-12,15-17H2,1-3H3/t18-,19?,21?/m0/s1. The minimum absolute atomic E-state index is 0.112. The van der Waals surface area contributed by atoms with E-state index < -0.39 is 0 Å². The molecule has 0 bridgehead atoms. The van der Waals surface area contributed by atoms with Gasteiger partial charge in [0.1, 0.15) is 5.82 Å². The highest BCUT2D eigenvalue weighted by Crippen LogP contribution is 2.39. The lowest BCUT2D eigenvalue weighted by atomic mass is 9.92. The van der Waals surface area contributed by atoms with Crippen LogP contribution in [-0.2, 0) is 17.6 Å². The Hall–Kier alpha value is -2.86. The van der Waals surface area contributed by atoms with E-state index in [1.54, 1.807) is 4.90 Å². The molecule has 0 spiro atoms. The number of carbonyl (C=O) groups is 1. The first-order chi connectivity index (χ1) is 16.1. The van der Waals surface area contributed by atoms with E-state index in [2.05, 4.69) is 66.2 Å². The second-order valence-electron chi connectivity index (χ2n) is 9.57. The monoisotopic (exact) mass is 446 g/mol. The number of anilines is 1. The van der Waals surface area contributed by atoms with E-state index in [0.717, 1.165) is 54.9 Å². The molecule has 1 fully saturated rings. The summed E-state index contributed by atoms with van der Waals surface area (Å²) in [6, 6.07) is 15.3. The lowest BCUT2D eigenvalue weighted by Gasteiger charge is -2.34. The molecule has 2 aromatic carbocycles. The number of hydrogen-bond acceptors (Lipinski definition) is 4. The number of hydrogen-bond donors (Lipinski definition) is 1. The average Bonchev–Trinajstić information content (AvgIpc) is 3.22. The maximum Gasteiger partial charge on any atom is 0.414 e. The number of nitrogens with zero attached hydrogens (tertiary/aromatic N) is 3. The summed E-state index contributed by atoms with van der Waals surface area (Å²) < 4.78 is 7.58. The summed E-state index contributed by atoms with van der Waals surface area (Å²) in [6.07, 6.45) is 4.78. The smallest absolute Gasteiger partial charge is 0.414 e. The van der Waals surface area contributed by atoms with Crippen molar-refractivity contribution in [1.29, 1.82) is 0 Å². The molecule has 3 aromatic rings. The van der Waals surface area contributed by atoms with E-state index >= 15 is 0 Å². The van der Waals surface area contributed by atoms with Crippen LogP contribution < -0.4 is 10.2 Å². The molecule has 2 unspecified atom stereocenters. The van der Waals surface area contributed by atoms with Gasteiger partial charge in [0.05, 0.1) is 23.8 Å². The molecule has 0 aliphatic carbocycles. The van der Waals surface area contributed by atoms with Crippen molar-refractivity contribution >= 4 is 22.8 Å². The number of nitrogens with one attached hydrogen (secondary N) is 1. The van der Waals surface area contributed by atoms with Crippen molar-refractivity contribution in [2.24, 2.45) is 5.92 Å². The van der Waals surface area contributed by atoms with Crippen LogP contribution in [0.25, 0.3) is 11.0 Å². The predicted molar refractivity (Wildman–Crippen MR) is 132 cm³/mol. The Morgan fingerprint density at radius 1 is 1.21 bits per heavy atom. The number of aromatic nitrogens is 2. The van der Waals surface area contributed by atoms with Gasteiger partial charge in [-0.15, -0.1) is 0 Å². The highest BCUT2D eigenvalue weighted by Gasteiger charge is 2.32. The van der Waals surface area contributed by atoms with Crippen LogP contribution in [0.3, 0.4) is 0 Å². The summed E-state index contributed by atoms with van der Waals surface area (Å²) >= 11 is 0. The summed E-state index contributed by atoms with van der Waals surface area (Å²) in [5, 5.41) is 3.58. The fraction of sp³-hybridized carbons (Fsp3) is 0.481. The van der Waals surface area contributed by atoms with Crippen LogP contribution in [-0.4, -0.2) is 41.9 Å². The first kappa shape index (κ1) is 22.0. The van der Waals surface area contributed by atoms with Crippen LogP contribution in [0.15, 0.2) is 42.5 Å². The van der Waals surface area contributed by atoms with Crippen molar-refractivity contribution in [2.45, 2.75) is 58.0 Å². The Balaban J connectivity index is 1.65. The third-order valence-electron chi connectivity index (χ3n) is 7.53. The Bertz CT molecular complexity index is 1130. The van der Waals surface area contributed by atoms with Gasteiger partial charge in [0, 0.05) is 24.1 Å². The van der Waals surface area contributed by atoms with Gasteiger partial charge in [-0.2, -0.15) is 0 Å². The SMILES string of the molecule is COC(=O)N1c2ccc3c(nc(Cc4ccccc4)n3C(C)C3CCCNC3)c2CC[C@@H]1C. The van der Waals surface area contributed by atoms with Crippen LogP contribution in [0, 0.1) is 5.92 Å². The van der Waals surface area contributed by atoms with Crippen molar-refractivity contribution < 1.29 is 9.53 Å². The minimum Gasteiger partial charge on any atom is -0.452 e. The Morgan fingerprint density at radius 2 is 2.03 bits per heavy atom. The molecule has 3 atom stereocenters. The van der Waals surface area contributed by atoms with Gasteiger partial charge in [0.2, 0.25) is 0 Å². The molecule has 6 nitrogen and oxygen atoms in total. The second kappa shape index (κ2) is 9.18. The maximum atomic E-state index is 12.6. The van der Waals surface area contributed by atoms with Crippen LogP contribution in [0.1, 0.15) is 56.1 Å². The van der Waals surface area contributed by atoms with Crippen molar-refractivity contribution in [1.82, 2.24) is 14.9 Å². The van der Waals surface area contributed by atoms with E-state index in [0.29, 0.717) is 12.0 Å². The third kappa shape index (κ3) is 4.01. The minimum atomic E-state index is -0.298. The first-order valence-corrected chi connectivity index (χ1v) is 12.2. The maximum absolute atomic E-state index is 12.6. The molecule has 6 heteroatoms. The Morgan fingerprint density at radius 3 is 2.76 bits per heavy atom. The van der Waals surface area contributed by atoms with Gasteiger partial charge in [-0.05, 0) is 76.2 Å². The molecule has 1 saturated heterocycles.